The molecular weight excluding hydrogens is 330 g/mol. The van der Waals surface area contributed by atoms with Gasteiger partial charge in [0.2, 0.25) is 0 Å². The summed E-state index contributed by atoms with van der Waals surface area (Å²) in [6, 6.07) is 3.25. The van der Waals surface area contributed by atoms with Gasteiger partial charge in [0.05, 0.1) is 35.4 Å². The lowest BCUT2D eigenvalue weighted by Crippen LogP contribution is -2.86. The molecule has 1 aliphatic rings. The van der Waals surface area contributed by atoms with Gasteiger partial charge in [0.15, 0.2) is 0 Å². The van der Waals surface area contributed by atoms with Crippen LogP contribution in [0.5, 0.6) is 0 Å². The Morgan fingerprint density at radius 1 is 1.24 bits per heavy atom. The molecule has 2 N–H and O–H groups in total. The van der Waals surface area contributed by atoms with Crippen molar-refractivity contribution in [2.75, 3.05) is 13.1 Å². The van der Waals surface area contributed by atoms with Gasteiger partial charge in [-0.15, -0.1) is 0 Å². The number of benzene rings is 1. The Balaban J connectivity index is 2.11. The number of esters is 1. The van der Waals surface area contributed by atoms with Gasteiger partial charge in [0.1, 0.15) is 5.60 Å². The van der Waals surface area contributed by atoms with Crippen LogP contribution in [0.4, 0.5) is 11.4 Å². The summed E-state index contributed by atoms with van der Waals surface area (Å²) in [4.78, 5) is 32.7. The summed E-state index contributed by atoms with van der Waals surface area (Å²) < 4.78 is 5.58. The minimum Gasteiger partial charge on any atom is -0.459 e. The number of carbonyl (C=O) groups is 1. The Bertz CT molecular complexity index is 682. The molecule has 1 heterocycles. The maximum Gasteiger partial charge on any atom is 0.311 e. The molecule has 1 fully saturated rings. The van der Waals surface area contributed by atoms with E-state index >= 15 is 0 Å². The minimum absolute atomic E-state index is 0.105. The van der Waals surface area contributed by atoms with Crippen molar-refractivity contribution in [3.8, 4) is 0 Å². The van der Waals surface area contributed by atoms with Gasteiger partial charge in [-0.25, -0.2) is 0 Å². The number of nitrogens with zero attached hydrogens (tertiary/aromatic N) is 2. The molecule has 0 aliphatic carbocycles. The molecule has 0 spiro atoms. The second-order valence-corrected chi connectivity index (χ2v) is 6.72. The Morgan fingerprint density at radius 3 is 2.44 bits per heavy atom. The SMILES string of the molecule is CC(C)(OC(=O)Cc1ccc([N+](=O)[O-])cc1[N+](=O)[O-])C1CC[NH2+]CC1. The van der Waals surface area contributed by atoms with Crippen LogP contribution in [-0.4, -0.2) is 34.5 Å². The Morgan fingerprint density at radius 2 is 1.88 bits per heavy atom. The van der Waals surface area contributed by atoms with Gasteiger partial charge >= 0.3 is 5.97 Å². The lowest BCUT2D eigenvalue weighted by Gasteiger charge is -2.35. The quantitative estimate of drug-likeness (QED) is 0.467. The standard InChI is InChI=1S/C16H21N3O6/c1-16(2,12-5-7-17-8-6-12)25-15(20)9-11-3-4-13(18(21)22)10-14(11)19(23)24/h3-4,10,12,17H,5-9H2,1-2H3/p+1. The summed E-state index contributed by atoms with van der Waals surface area (Å²) in [7, 11) is 0. The molecule has 1 aromatic carbocycles. The topological polar surface area (TPSA) is 129 Å². The van der Waals surface area contributed by atoms with Crippen LogP contribution in [0.25, 0.3) is 0 Å². The lowest BCUT2D eigenvalue weighted by molar-refractivity contribution is -0.665. The zero-order valence-electron chi connectivity index (χ0n) is 14.3. The van der Waals surface area contributed by atoms with E-state index in [2.05, 4.69) is 5.32 Å². The van der Waals surface area contributed by atoms with Crippen molar-refractivity contribution >= 4 is 17.3 Å². The number of hydrogen-bond donors (Lipinski definition) is 1. The van der Waals surface area contributed by atoms with Gasteiger partial charge in [0.25, 0.3) is 11.4 Å². The molecule has 25 heavy (non-hydrogen) atoms. The first-order valence-electron chi connectivity index (χ1n) is 8.16. The molecule has 0 atom stereocenters. The fraction of sp³-hybridized carbons (Fsp3) is 0.562. The molecular formula is C16H22N3O6+. The highest BCUT2D eigenvalue weighted by atomic mass is 16.6. The highest BCUT2D eigenvalue weighted by Gasteiger charge is 2.35. The molecule has 0 amide bonds. The van der Waals surface area contributed by atoms with Crippen molar-refractivity contribution in [3.63, 3.8) is 0 Å². The Labute approximate surface area is 144 Å². The summed E-state index contributed by atoms with van der Waals surface area (Å²) in [5, 5.41) is 24.1. The number of hydrogen-bond acceptors (Lipinski definition) is 6. The van der Waals surface area contributed by atoms with E-state index in [0.29, 0.717) is 0 Å². The molecule has 136 valence electrons. The number of rotatable bonds is 6. The molecule has 1 aromatic rings. The molecule has 0 radical (unpaired) electrons. The predicted molar refractivity (Wildman–Crippen MR) is 88.0 cm³/mol. The van der Waals surface area contributed by atoms with Crippen LogP contribution < -0.4 is 5.32 Å². The summed E-state index contributed by atoms with van der Waals surface area (Å²) in [6.07, 6.45) is 1.59. The van der Waals surface area contributed by atoms with E-state index in [1.54, 1.807) is 0 Å². The highest BCUT2D eigenvalue weighted by Crippen LogP contribution is 2.30. The predicted octanol–water partition coefficient (Wildman–Crippen LogP) is 1.34. The number of carbonyl (C=O) groups excluding carboxylic acids is 1. The molecule has 0 saturated carbocycles. The molecule has 9 heteroatoms. The summed E-state index contributed by atoms with van der Waals surface area (Å²) in [6.45, 7) is 5.68. The van der Waals surface area contributed by atoms with E-state index < -0.39 is 27.1 Å². The van der Waals surface area contributed by atoms with Crippen LogP contribution in [0, 0.1) is 26.1 Å². The number of quaternary nitrogens is 1. The Hall–Kier alpha value is -2.55. The number of ether oxygens (including phenoxy) is 1. The maximum absolute atomic E-state index is 12.3. The van der Waals surface area contributed by atoms with Crippen molar-refractivity contribution in [2.45, 2.75) is 38.7 Å². The van der Waals surface area contributed by atoms with Crippen LogP contribution in [0.15, 0.2) is 18.2 Å². The van der Waals surface area contributed by atoms with E-state index in [4.69, 9.17) is 4.74 Å². The van der Waals surface area contributed by atoms with Gasteiger partial charge in [-0.05, 0) is 19.9 Å². The first kappa shape index (κ1) is 18.8. The largest absolute Gasteiger partial charge is 0.459 e. The van der Waals surface area contributed by atoms with Crippen LogP contribution >= 0.6 is 0 Å². The highest BCUT2D eigenvalue weighted by molar-refractivity contribution is 5.75. The van der Waals surface area contributed by atoms with Crippen molar-refractivity contribution in [3.05, 3.63) is 44.0 Å². The molecule has 0 unspecified atom stereocenters. The molecule has 1 aliphatic heterocycles. The summed E-state index contributed by atoms with van der Waals surface area (Å²) >= 11 is 0. The van der Waals surface area contributed by atoms with E-state index in [9.17, 15) is 25.0 Å². The fourth-order valence-corrected chi connectivity index (χ4v) is 3.18. The van der Waals surface area contributed by atoms with Crippen molar-refractivity contribution in [1.29, 1.82) is 0 Å². The Kier molecular flexibility index (Phi) is 5.68. The van der Waals surface area contributed by atoms with E-state index in [1.165, 1.54) is 6.07 Å². The number of non-ortho nitro benzene ring substituents is 1. The van der Waals surface area contributed by atoms with Crippen LogP contribution in [0.1, 0.15) is 32.3 Å². The van der Waals surface area contributed by atoms with E-state index in [0.717, 1.165) is 38.1 Å². The normalized spacial score (nSPS) is 15.6. The average molecular weight is 352 g/mol. The van der Waals surface area contributed by atoms with Gasteiger partial charge in [0, 0.05) is 30.4 Å². The minimum atomic E-state index is -0.724. The number of piperidine rings is 1. The first-order chi connectivity index (χ1) is 11.7. The monoisotopic (exact) mass is 352 g/mol. The zero-order valence-corrected chi connectivity index (χ0v) is 14.3. The van der Waals surface area contributed by atoms with E-state index in [1.807, 2.05) is 13.8 Å². The van der Waals surface area contributed by atoms with Crippen LogP contribution in [0.3, 0.4) is 0 Å². The number of nitro groups is 2. The van der Waals surface area contributed by atoms with Crippen LogP contribution in [-0.2, 0) is 16.0 Å². The van der Waals surface area contributed by atoms with E-state index in [-0.39, 0.29) is 23.6 Å². The summed E-state index contributed by atoms with van der Waals surface area (Å²) in [5.74, 6) is -0.329. The van der Waals surface area contributed by atoms with Crippen LogP contribution in [0.2, 0.25) is 0 Å². The zero-order chi connectivity index (χ0) is 18.6. The lowest BCUT2D eigenvalue weighted by atomic mass is 9.83. The van der Waals surface area contributed by atoms with Gasteiger partial charge < -0.3 is 10.1 Å². The molecule has 0 bridgehead atoms. The van der Waals surface area contributed by atoms with Crippen molar-refractivity contribution in [1.82, 2.24) is 0 Å². The number of nitro benzene ring substituents is 2. The first-order valence-corrected chi connectivity index (χ1v) is 8.16. The fourth-order valence-electron chi connectivity index (χ4n) is 3.18. The van der Waals surface area contributed by atoms with Crippen molar-refractivity contribution in [2.24, 2.45) is 5.92 Å². The third kappa shape index (κ3) is 4.72. The molecule has 0 aromatic heterocycles. The average Bonchev–Trinajstić information content (AvgIpc) is 2.55. The second kappa shape index (κ2) is 7.56. The third-order valence-corrected chi connectivity index (χ3v) is 4.61. The molecule has 1 saturated heterocycles. The maximum atomic E-state index is 12.3. The summed E-state index contributed by atoms with van der Waals surface area (Å²) in [5.41, 5.74) is -1.38. The smallest absolute Gasteiger partial charge is 0.311 e. The van der Waals surface area contributed by atoms with Gasteiger partial charge in [-0.3, -0.25) is 25.0 Å². The molecule has 2 rings (SSSR count). The number of nitrogens with two attached hydrogens (primary N) is 1. The van der Waals surface area contributed by atoms with Gasteiger partial charge in [-0.2, -0.15) is 0 Å². The third-order valence-electron chi connectivity index (χ3n) is 4.61. The molecule has 9 nitrogen and oxygen atoms in total. The van der Waals surface area contributed by atoms with Gasteiger partial charge in [-0.1, -0.05) is 0 Å². The second-order valence-electron chi connectivity index (χ2n) is 6.72. The van der Waals surface area contributed by atoms with Crippen molar-refractivity contribution < 1.29 is 24.7 Å².